The van der Waals surface area contributed by atoms with Crippen LogP contribution in [0.15, 0.2) is 24.8 Å². The minimum atomic E-state index is -0.742. The number of rotatable bonds is 4. The summed E-state index contributed by atoms with van der Waals surface area (Å²) in [7, 11) is 0. The Morgan fingerprint density at radius 2 is 2.14 bits per heavy atom. The van der Waals surface area contributed by atoms with Gasteiger partial charge in [0.1, 0.15) is 18.7 Å². The smallest absolute Gasteiger partial charge is 0.270 e. The predicted octanol–water partition coefficient (Wildman–Crippen LogP) is 2.19. The number of nitrogens with zero attached hydrogens (tertiary/aromatic N) is 4. The Kier molecular flexibility index (Phi) is 4.41. The van der Waals surface area contributed by atoms with Gasteiger partial charge in [-0.05, 0) is 18.9 Å². The zero-order chi connectivity index (χ0) is 15.4. The Bertz CT molecular complexity index is 637. The Morgan fingerprint density at radius 1 is 1.32 bits per heavy atom. The summed E-state index contributed by atoms with van der Waals surface area (Å²) < 4.78 is 14.6. The minimum absolute atomic E-state index is 0.182. The molecule has 0 unspecified atom stereocenters. The van der Waals surface area contributed by atoms with Crippen molar-refractivity contribution in [3.05, 3.63) is 36.2 Å². The Balaban J connectivity index is 1.82. The lowest BCUT2D eigenvalue weighted by Gasteiger charge is -2.22. The quantitative estimate of drug-likeness (QED) is 0.939. The van der Waals surface area contributed by atoms with Crippen LogP contribution < -0.4 is 5.32 Å². The summed E-state index contributed by atoms with van der Waals surface area (Å²) in [6.45, 7) is -0.742. The molecule has 0 spiro atoms. The summed E-state index contributed by atoms with van der Waals surface area (Å²) in [5.41, 5.74) is 0.379. The molecule has 0 radical (unpaired) electrons. The SMILES string of the molecule is O=C(NC1CCCCC1)c1cc(CF)nc(-n2ccnc2)n1. The molecule has 1 aliphatic carbocycles. The highest BCUT2D eigenvalue weighted by molar-refractivity contribution is 5.92. The van der Waals surface area contributed by atoms with Gasteiger partial charge >= 0.3 is 0 Å². The number of nitrogens with one attached hydrogen (secondary N) is 1. The van der Waals surface area contributed by atoms with E-state index in [1.165, 1.54) is 18.8 Å². The van der Waals surface area contributed by atoms with Gasteiger partial charge in [0.05, 0.1) is 5.69 Å². The molecule has 0 bridgehead atoms. The number of amides is 1. The van der Waals surface area contributed by atoms with Crippen LogP contribution >= 0.6 is 0 Å². The first-order chi connectivity index (χ1) is 10.8. The molecule has 0 aliphatic heterocycles. The highest BCUT2D eigenvalue weighted by Gasteiger charge is 2.19. The summed E-state index contributed by atoms with van der Waals surface area (Å²) in [5, 5.41) is 2.98. The molecule has 0 saturated heterocycles. The normalized spacial score (nSPS) is 15.7. The Morgan fingerprint density at radius 3 is 2.82 bits per heavy atom. The molecule has 1 saturated carbocycles. The van der Waals surface area contributed by atoms with Crippen molar-refractivity contribution in [1.82, 2.24) is 24.8 Å². The Labute approximate surface area is 127 Å². The van der Waals surface area contributed by atoms with Crippen molar-refractivity contribution in [3.8, 4) is 5.95 Å². The van der Waals surface area contributed by atoms with Crippen molar-refractivity contribution in [3.63, 3.8) is 0 Å². The van der Waals surface area contributed by atoms with E-state index in [-0.39, 0.29) is 29.3 Å². The van der Waals surface area contributed by atoms with Gasteiger partial charge in [-0.25, -0.2) is 19.3 Å². The Hall–Kier alpha value is -2.31. The van der Waals surface area contributed by atoms with E-state index in [2.05, 4.69) is 20.3 Å². The summed E-state index contributed by atoms with van der Waals surface area (Å²) in [4.78, 5) is 24.6. The van der Waals surface area contributed by atoms with Crippen LogP contribution in [0.4, 0.5) is 4.39 Å². The van der Waals surface area contributed by atoms with E-state index in [4.69, 9.17) is 0 Å². The minimum Gasteiger partial charge on any atom is -0.348 e. The first-order valence-corrected chi connectivity index (χ1v) is 7.49. The molecule has 0 atom stereocenters. The summed E-state index contributed by atoms with van der Waals surface area (Å²) >= 11 is 0. The maximum atomic E-state index is 13.0. The second-order valence-corrected chi connectivity index (χ2v) is 5.46. The van der Waals surface area contributed by atoms with Crippen molar-refractivity contribution >= 4 is 5.91 Å². The van der Waals surface area contributed by atoms with Crippen molar-refractivity contribution in [1.29, 1.82) is 0 Å². The van der Waals surface area contributed by atoms with Gasteiger partial charge in [-0.2, -0.15) is 0 Å². The zero-order valence-electron chi connectivity index (χ0n) is 12.2. The van der Waals surface area contributed by atoms with Gasteiger partial charge in [0.2, 0.25) is 5.95 Å². The van der Waals surface area contributed by atoms with Gasteiger partial charge in [-0.3, -0.25) is 9.36 Å². The van der Waals surface area contributed by atoms with Crippen LogP contribution in [0.1, 0.15) is 48.3 Å². The molecule has 6 nitrogen and oxygen atoms in total. The molecule has 3 rings (SSSR count). The van der Waals surface area contributed by atoms with Crippen molar-refractivity contribution in [2.45, 2.75) is 44.8 Å². The van der Waals surface area contributed by atoms with Crippen LogP contribution in [0.3, 0.4) is 0 Å². The number of hydrogen-bond donors (Lipinski definition) is 1. The molecule has 1 N–H and O–H groups in total. The molecule has 116 valence electrons. The number of halogens is 1. The van der Waals surface area contributed by atoms with Crippen LogP contribution in [-0.2, 0) is 6.67 Å². The predicted molar refractivity (Wildman–Crippen MR) is 78.3 cm³/mol. The van der Waals surface area contributed by atoms with E-state index in [1.54, 1.807) is 17.0 Å². The van der Waals surface area contributed by atoms with Crippen molar-refractivity contribution in [2.75, 3.05) is 0 Å². The van der Waals surface area contributed by atoms with E-state index in [9.17, 15) is 9.18 Å². The van der Waals surface area contributed by atoms with Gasteiger partial charge in [-0.1, -0.05) is 19.3 Å². The molecule has 0 aromatic carbocycles. The molecule has 7 heteroatoms. The standard InChI is InChI=1S/C15H18FN5O/c16-9-12-8-13(14(22)18-11-4-2-1-3-5-11)20-15(19-12)21-7-6-17-10-21/h6-8,10-11H,1-5,9H2,(H,18,22). The van der Waals surface area contributed by atoms with E-state index >= 15 is 0 Å². The monoisotopic (exact) mass is 303 g/mol. The fourth-order valence-corrected chi connectivity index (χ4v) is 2.67. The van der Waals surface area contributed by atoms with Crippen LogP contribution in [0.5, 0.6) is 0 Å². The third-order valence-electron chi connectivity index (χ3n) is 3.81. The van der Waals surface area contributed by atoms with E-state index < -0.39 is 6.67 Å². The number of alkyl halides is 1. The maximum Gasteiger partial charge on any atom is 0.270 e. The first-order valence-electron chi connectivity index (χ1n) is 7.49. The maximum absolute atomic E-state index is 13.0. The van der Waals surface area contributed by atoms with Gasteiger partial charge in [0, 0.05) is 18.4 Å². The average molecular weight is 303 g/mol. The molecule has 2 aromatic rings. The number of aromatic nitrogens is 4. The third-order valence-corrected chi connectivity index (χ3v) is 3.81. The van der Waals surface area contributed by atoms with Gasteiger partial charge in [-0.15, -0.1) is 0 Å². The second-order valence-electron chi connectivity index (χ2n) is 5.46. The average Bonchev–Trinajstić information content (AvgIpc) is 3.10. The lowest BCUT2D eigenvalue weighted by Crippen LogP contribution is -2.36. The number of hydrogen-bond acceptors (Lipinski definition) is 4. The topological polar surface area (TPSA) is 72.7 Å². The van der Waals surface area contributed by atoms with E-state index in [0.29, 0.717) is 0 Å². The molecule has 1 fully saturated rings. The summed E-state index contributed by atoms with van der Waals surface area (Å²) in [6, 6.07) is 1.58. The first kappa shape index (κ1) is 14.6. The fourth-order valence-electron chi connectivity index (χ4n) is 2.67. The van der Waals surface area contributed by atoms with Gasteiger partial charge in [0.15, 0.2) is 0 Å². The molecule has 1 amide bonds. The lowest BCUT2D eigenvalue weighted by molar-refractivity contribution is 0.0922. The van der Waals surface area contributed by atoms with E-state index in [0.717, 1.165) is 25.7 Å². The largest absolute Gasteiger partial charge is 0.348 e. The van der Waals surface area contributed by atoms with Gasteiger partial charge in [0.25, 0.3) is 5.91 Å². The number of carbonyl (C=O) groups excluding carboxylic acids is 1. The number of imidazole rings is 1. The zero-order valence-corrected chi connectivity index (χ0v) is 12.2. The van der Waals surface area contributed by atoms with E-state index in [1.807, 2.05) is 0 Å². The summed E-state index contributed by atoms with van der Waals surface area (Å²) in [5.74, 6) is -0.0215. The number of carbonyl (C=O) groups is 1. The van der Waals surface area contributed by atoms with Crippen molar-refractivity contribution < 1.29 is 9.18 Å². The highest BCUT2D eigenvalue weighted by Crippen LogP contribution is 2.18. The lowest BCUT2D eigenvalue weighted by atomic mass is 9.95. The molecule has 1 aliphatic rings. The molecular weight excluding hydrogens is 285 g/mol. The third kappa shape index (κ3) is 3.29. The van der Waals surface area contributed by atoms with Gasteiger partial charge < -0.3 is 5.32 Å². The van der Waals surface area contributed by atoms with Crippen LogP contribution in [0.25, 0.3) is 5.95 Å². The summed E-state index contributed by atoms with van der Waals surface area (Å²) in [6.07, 6.45) is 10.2. The highest BCUT2D eigenvalue weighted by atomic mass is 19.1. The second kappa shape index (κ2) is 6.64. The van der Waals surface area contributed by atoms with Crippen molar-refractivity contribution in [2.24, 2.45) is 0 Å². The molecular formula is C15H18FN5O. The van der Waals surface area contributed by atoms with Crippen LogP contribution in [-0.4, -0.2) is 31.5 Å². The van der Waals surface area contributed by atoms with Crippen LogP contribution in [0.2, 0.25) is 0 Å². The van der Waals surface area contributed by atoms with Crippen LogP contribution in [0, 0.1) is 0 Å². The fraction of sp³-hybridized carbons (Fsp3) is 0.467. The molecule has 22 heavy (non-hydrogen) atoms. The molecule has 2 aromatic heterocycles. The molecule has 2 heterocycles.